The molecule has 1 rings (SSSR count). The van der Waals surface area contributed by atoms with Gasteiger partial charge in [0.15, 0.2) is 0 Å². The van der Waals surface area contributed by atoms with Crippen LogP contribution in [0.1, 0.15) is 19.8 Å². The first-order valence-electron chi connectivity index (χ1n) is 5.34. The van der Waals surface area contributed by atoms with E-state index in [2.05, 4.69) is 49.4 Å². The van der Waals surface area contributed by atoms with Gasteiger partial charge in [0.1, 0.15) is 0 Å². The molecule has 6 heteroatoms. The van der Waals surface area contributed by atoms with E-state index in [1.165, 1.54) is 0 Å². The molecule has 0 spiro atoms. The summed E-state index contributed by atoms with van der Waals surface area (Å²) in [6, 6.07) is 3.27. The van der Waals surface area contributed by atoms with Crippen molar-refractivity contribution in [1.82, 2.24) is 5.32 Å². The summed E-state index contributed by atoms with van der Waals surface area (Å²) in [7, 11) is 0. The molecule has 0 aliphatic rings. The number of hydrogen-bond acceptors (Lipinski definition) is 2. The van der Waals surface area contributed by atoms with Gasteiger partial charge in [0.25, 0.3) is 0 Å². The number of benzene rings is 1. The molecule has 0 radical (unpaired) electrons. The fraction of sp³-hybridized carbons (Fsp3) is 0.364. The molecule has 0 aliphatic carbocycles. The van der Waals surface area contributed by atoms with Gasteiger partial charge in [-0.25, -0.2) is 4.79 Å². The minimum Gasteiger partial charge on any atom is -0.399 e. The molecular weight excluding hydrogens is 350 g/mol. The Morgan fingerprint density at radius 1 is 1.35 bits per heavy atom. The minimum atomic E-state index is -0.218. The van der Waals surface area contributed by atoms with Crippen LogP contribution in [0.15, 0.2) is 21.1 Å². The third-order valence-corrected chi connectivity index (χ3v) is 3.37. The third-order valence-electron chi connectivity index (χ3n) is 2.12. The van der Waals surface area contributed by atoms with Crippen LogP contribution < -0.4 is 16.4 Å². The van der Waals surface area contributed by atoms with E-state index in [-0.39, 0.29) is 6.03 Å². The summed E-state index contributed by atoms with van der Waals surface area (Å²) < 4.78 is 1.49. The molecule has 0 unspecified atom stereocenters. The molecular formula is C11H15Br2N3O. The predicted octanol–water partition coefficient (Wildman–Crippen LogP) is 3.72. The lowest BCUT2D eigenvalue weighted by molar-refractivity contribution is 0.252. The second-order valence-electron chi connectivity index (χ2n) is 3.59. The number of nitrogens with one attached hydrogen (secondary N) is 2. The quantitative estimate of drug-likeness (QED) is 0.563. The summed E-state index contributed by atoms with van der Waals surface area (Å²) in [6.07, 6.45) is 2.02. The van der Waals surface area contributed by atoms with Crippen LogP contribution in [-0.4, -0.2) is 12.6 Å². The maximum absolute atomic E-state index is 11.6. The van der Waals surface area contributed by atoms with E-state index in [0.717, 1.165) is 21.8 Å². The van der Waals surface area contributed by atoms with Gasteiger partial charge in [-0.15, -0.1) is 0 Å². The maximum atomic E-state index is 11.6. The summed E-state index contributed by atoms with van der Waals surface area (Å²) in [6.45, 7) is 2.75. The highest BCUT2D eigenvalue weighted by Gasteiger charge is 2.09. The lowest BCUT2D eigenvalue weighted by Gasteiger charge is -2.11. The van der Waals surface area contributed by atoms with Gasteiger partial charge in [0, 0.05) is 21.2 Å². The molecule has 2 amide bonds. The summed E-state index contributed by atoms with van der Waals surface area (Å²) in [5.41, 5.74) is 6.97. The van der Waals surface area contributed by atoms with Gasteiger partial charge >= 0.3 is 6.03 Å². The molecule has 4 N–H and O–H groups in total. The summed E-state index contributed by atoms with van der Waals surface area (Å²) in [5, 5.41) is 5.54. The molecule has 0 saturated heterocycles. The van der Waals surface area contributed by atoms with Gasteiger partial charge < -0.3 is 16.4 Å². The molecule has 4 nitrogen and oxygen atoms in total. The fourth-order valence-corrected chi connectivity index (χ4v) is 2.67. The Morgan fingerprint density at radius 3 is 2.47 bits per heavy atom. The van der Waals surface area contributed by atoms with Gasteiger partial charge in [0.05, 0.1) is 5.69 Å². The Bertz CT molecular complexity index is 387. The molecule has 0 atom stereocenters. The van der Waals surface area contributed by atoms with Crippen molar-refractivity contribution in [2.24, 2.45) is 0 Å². The standard InChI is InChI=1S/C11H15Br2N3O/c1-2-3-4-15-11(17)16-10-8(12)5-7(14)6-9(10)13/h5-6H,2-4,14H2,1H3,(H2,15,16,17). The lowest BCUT2D eigenvalue weighted by Crippen LogP contribution is -2.29. The highest BCUT2D eigenvalue weighted by atomic mass is 79.9. The molecule has 0 aromatic heterocycles. The number of nitrogen functional groups attached to an aromatic ring is 1. The minimum absolute atomic E-state index is 0.218. The number of carbonyl (C=O) groups excluding carboxylic acids is 1. The van der Waals surface area contributed by atoms with Crippen molar-refractivity contribution in [2.45, 2.75) is 19.8 Å². The Balaban J connectivity index is 2.65. The molecule has 0 heterocycles. The monoisotopic (exact) mass is 363 g/mol. The molecule has 0 aliphatic heterocycles. The highest BCUT2D eigenvalue weighted by Crippen LogP contribution is 2.33. The fourth-order valence-electron chi connectivity index (χ4n) is 1.25. The first kappa shape index (κ1) is 14.3. The van der Waals surface area contributed by atoms with Crippen LogP contribution >= 0.6 is 31.9 Å². The molecule has 1 aromatic rings. The van der Waals surface area contributed by atoms with Gasteiger partial charge in [0.2, 0.25) is 0 Å². The van der Waals surface area contributed by atoms with Crippen LogP contribution in [0.3, 0.4) is 0 Å². The second kappa shape index (κ2) is 6.86. The average Bonchev–Trinajstić information content (AvgIpc) is 2.24. The number of hydrogen-bond donors (Lipinski definition) is 3. The second-order valence-corrected chi connectivity index (χ2v) is 5.30. The molecule has 94 valence electrons. The number of urea groups is 1. The number of amides is 2. The van der Waals surface area contributed by atoms with Gasteiger partial charge in [-0.05, 0) is 50.4 Å². The first-order chi connectivity index (χ1) is 8.04. The number of nitrogens with two attached hydrogens (primary N) is 1. The molecule has 17 heavy (non-hydrogen) atoms. The summed E-state index contributed by atoms with van der Waals surface area (Å²) >= 11 is 6.71. The Labute approximate surface area is 118 Å². The Hall–Kier alpha value is -0.750. The lowest BCUT2D eigenvalue weighted by atomic mass is 10.3. The van der Waals surface area contributed by atoms with Crippen molar-refractivity contribution in [3.8, 4) is 0 Å². The normalized spacial score (nSPS) is 10.1. The summed E-state index contributed by atoms with van der Waals surface area (Å²) in [4.78, 5) is 11.6. The van der Waals surface area contributed by atoms with Crippen LogP contribution in [0.5, 0.6) is 0 Å². The zero-order valence-corrected chi connectivity index (χ0v) is 12.7. The highest BCUT2D eigenvalue weighted by molar-refractivity contribution is 9.11. The van der Waals surface area contributed by atoms with E-state index in [0.29, 0.717) is 17.9 Å². The van der Waals surface area contributed by atoms with Gasteiger partial charge in [-0.1, -0.05) is 13.3 Å². The first-order valence-corrected chi connectivity index (χ1v) is 6.92. The Morgan fingerprint density at radius 2 is 1.94 bits per heavy atom. The van der Waals surface area contributed by atoms with E-state index in [4.69, 9.17) is 5.73 Å². The van der Waals surface area contributed by atoms with Crippen molar-refractivity contribution in [3.63, 3.8) is 0 Å². The SMILES string of the molecule is CCCCNC(=O)Nc1c(Br)cc(N)cc1Br. The van der Waals surface area contributed by atoms with E-state index in [1.807, 2.05) is 0 Å². The van der Waals surface area contributed by atoms with Crippen LogP contribution in [0.25, 0.3) is 0 Å². The van der Waals surface area contributed by atoms with Crippen molar-refractivity contribution in [1.29, 1.82) is 0 Å². The molecule has 0 fully saturated rings. The maximum Gasteiger partial charge on any atom is 0.319 e. The van der Waals surface area contributed by atoms with Gasteiger partial charge in [-0.2, -0.15) is 0 Å². The van der Waals surface area contributed by atoms with Crippen molar-refractivity contribution >= 4 is 49.3 Å². The van der Waals surface area contributed by atoms with Crippen LogP contribution in [-0.2, 0) is 0 Å². The smallest absolute Gasteiger partial charge is 0.319 e. The van der Waals surface area contributed by atoms with E-state index in [1.54, 1.807) is 12.1 Å². The van der Waals surface area contributed by atoms with E-state index >= 15 is 0 Å². The van der Waals surface area contributed by atoms with Crippen LogP contribution in [0.4, 0.5) is 16.2 Å². The van der Waals surface area contributed by atoms with E-state index < -0.39 is 0 Å². The average molecular weight is 365 g/mol. The van der Waals surface area contributed by atoms with Gasteiger partial charge in [-0.3, -0.25) is 0 Å². The topological polar surface area (TPSA) is 67.2 Å². The number of unbranched alkanes of at least 4 members (excludes halogenated alkanes) is 1. The molecule has 0 bridgehead atoms. The zero-order chi connectivity index (χ0) is 12.8. The number of halogens is 2. The third kappa shape index (κ3) is 4.55. The van der Waals surface area contributed by atoms with Crippen molar-refractivity contribution < 1.29 is 4.79 Å². The van der Waals surface area contributed by atoms with Crippen LogP contribution in [0, 0.1) is 0 Å². The summed E-state index contributed by atoms with van der Waals surface area (Å²) in [5.74, 6) is 0. The zero-order valence-electron chi connectivity index (χ0n) is 9.52. The van der Waals surface area contributed by atoms with Crippen LogP contribution in [0.2, 0.25) is 0 Å². The Kier molecular flexibility index (Phi) is 5.77. The molecule has 1 aromatic carbocycles. The predicted molar refractivity (Wildman–Crippen MR) is 78.2 cm³/mol. The number of anilines is 2. The van der Waals surface area contributed by atoms with Crippen molar-refractivity contribution in [2.75, 3.05) is 17.6 Å². The largest absolute Gasteiger partial charge is 0.399 e. The molecule has 0 saturated carbocycles. The number of rotatable bonds is 4. The van der Waals surface area contributed by atoms with E-state index in [9.17, 15) is 4.79 Å². The number of carbonyl (C=O) groups is 1. The van der Waals surface area contributed by atoms with Crippen molar-refractivity contribution in [3.05, 3.63) is 21.1 Å².